The fourth-order valence-electron chi connectivity index (χ4n) is 3.46. The smallest absolute Gasteiger partial charge is 0.123 e. The summed E-state index contributed by atoms with van der Waals surface area (Å²) in [5.41, 5.74) is 0.790. The second-order valence-electron chi connectivity index (χ2n) is 5.68. The Morgan fingerprint density at radius 2 is 1.61 bits per heavy atom. The van der Waals surface area contributed by atoms with Gasteiger partial charge in [0.25, 0.3) is 0 Å². The van der Waals surface area contributed by atoms with Crippen molar-refractivity contribution in [1.29, 1.82) is 0 Å². The summed E-state index contributed by atoms with van der Waals surface area (Å²) >= 11 is 0. The molecule has 1 heterocycles. The van der Waals surface area contributed by atoms with Crippen LogP contribution in [0, 0.1) is 5.82 Å². The molecular weight excluding hydrogens is 287 g/mol. The Labute approximate surface area is 131 Å². The van der Waals surface area contributed by atoms with Crippen molar-refractivity contribution in [1.82, 2.24) is 9.97 Å². The monoisotopic (exact) mass is 298 g/mol. The molecule has 0 saturated carbocycles. The van der Waals surface area contributed by atoms with E-state index in [0.29, 0.717) is 0 Å². The molecule has 4 aromatic carbocycles. The van der Waals surface area contributed by atoms with Gasteiger partial charge in [0.1, 0.15) is 12.1 Å². The van der Waals surface area contributed by atoms with E-state index in [0.717, 1.165) is 37.8 Å². The molecule has 0 aliphatic carbocycles. The Bertz CT molecular complexity index is 1210. The van der Waals surface area contributed by atoms with Crippen LogP contribution in [0.1, 0.15) is 0 Å². The van der Waals surface area contributed by atoms with Gasteiger partial charge in [0.2, 0.25) is 0 Å². The van der Waals surface area contributed by atoms with Crippen LogP contribution >= 0.6 is 0 Å². The number of hydrogen-bond donors (Lipinski definition) is 0. The van der Waals surface area contributed by atoms with Gasteiger partial charge in [-0.1, -0.05) is 42.5 Å². The van der Waals surface area contributed by atoms with Gasteiger partial charge in [0, 0.05) is 22.4 Å². The quantitative estimate of drug-likeness (QED) is 0.366. The van der Waals surface area contributed by atoms with E-state index < -0.39 is 0 Å². The maximum Gasteiger partial charge on any atom is 0.123 e. The summed E-state index contributed by atoms with van der Waals surface area (Å²) in [5, 5.41) is 7.35. The average molecular weight is 298 g/mol. The SMILES string of the molecule is Fc1ccc2c(c1)c1ncncc1c1c3ccccc3ccc21. The minimum absolute atomic E-state index is 0.252. The molecule has 0 saturated heterocycles. The molecule has 0 radical (unpaired) electrons. The maximum atomic E-state index is 13.8. The van der Waals surface area contributed by atoms with Gasteiger partial charge < -0.3 is 0 Å². The van der Waals surface area contributed by atoms with Crippen molar-refractivity contribution >= 4 is 43.2 Å². The van der Waals surface area contributed by atoms with E-state index >= 15 is 0 Å². The molecule has 3 heteroatoms. The highest BCUT2D eigenvalue weighted by molar-refractivity contribution is 6.30. The van der Waals surface area contributed by atoms with E-state index in [2.05, 4.69) is 34.2 Å². The van der Waals surface area contributed by atoms with Gasteiger partial charge in [-0.3, -0.25) is 0 Å². The summed E-state index contributed by atoms with van der Waals surface area (Å²) in [6, 6.07) is 17.4. The highest BCUT2D eigenvalue weighted by Crippen LogP contribution is 2.37. The van der Waals surface area contributed by atoms with E-state index in [9.17, 15) is 4.39 Å². The number of benzene rings is 4. The first kappa shape index (κ1) is 12.5. The fourth-order valence-corrected chi connectivity index (χ4v) is 3.46. The number of hydrogen-bond acceptors (Lipinski definition) is 2. The third kappa shape index (κ3) is 1.67. The first-order valence-electron chi connectivity index (χ1n) is 7.45. The molecule has 5 aromatic rings. The number of nitrogens with zero attached hydrogens (tertiary/aromatic N) is 2. The zero-order valence-electron chi connectivity index (χ0n) is 12.1. The van der Waals surface area contributed by atoms with E-state index in [-0.39, 0.29) is 5.82 Å². The van der Waals surface area contributed by atoms with Crippen LogP contribution in [-0.2, 0) is 0 Å². The molecule has 23 heavy (non-hydrogen) atoms. The maximum absolute atomic E-state index is 13.8. The van der Waals surface area contributed by atoms with Crippen LogP contribution in [0.4, 0.5) is 4.39 Å². The molecule has 5 rings (SSSR count). The summed E-state index contributed by atoms with van der Waals surface area (Å²) in [6.45, 7) is 0. The van der Waals surface area contributed by atoms with Gasteiger partial charge in [0.15, 0.2) is 0 Å². The van der Waals surface area contributed by atoms with Crippen molar-refractivity contribution in [3.05, 3.63) is 72.9 Å². The second-order valence-corrected chi connectivity index (χ2v) is 5.68. The first-order valence-corrected chi connectivity index (χ1v) is 7.45. The second kappa shape index (κ2) is 4.46. The minimum Gasteiger partial charge on any atom is -0.244 e. The molecule has 0 spiro atoms. The lowest BCUT2D eigenvalue weighted by molar-refractivity contribution is 0.630. The lowest BCUT2D eigenvalue weighted by Gasteiger charge is -2.11. The normalized spacial score (nSPS) is 11.7. The zero-order valence-corrected chi connectivity index (χ0v) is 12.1. The minimum atomic E-state index is -0.252. The number of halogens is 1. The highest BCUT2D eigenvalue weighted by atomic mass is 19.1. The predicted molar refractivity (Wildman–Crippen MR) is 92.0 cm³/mol. The number of rotatable bonds is 0. The van der Waals surface area contributed by atoms with Crippen molar-refractivity contribution in [2.45, 2.75) is 0 Å². The molecule has 0 bridgehead atoms. The van der Waals surface area contributed by atoms with Crippen molar-refractivity contribution < 1.29 is 4.39 Å². The molecule has 0 amide bonds. The van der Waals surface area contributed by atoms with Crippen molar-refractivity contribution in [2.24, 2.45) is 0 Å². The topological polar surface area (TPSA) is 25.8 Å². The average Bonchev–Trinajstić information content (AvgIpc) is 2.61. The van der Waals surface area contributed by atoms with Crippen molar-refractivity contribution in [3.8, 4) is 0 Å². The molecule has 0 fully saturated rings. The van der Waals surface area contributed by atoms with Gasteiger partial charge in [0.05, 0.1) is 5.52 Å². The highest BCUT2D eigenvalue weighted by Gasteiger charge is 2.12. The van der Waals surface area contributed by atoms with Crippen LogP contribution in [-0.4, -0.2) is 9.97 Å². The van der Waals surface area contributed by atoms with Gasteiger partial charge in [-0.2, -0.15) is 0 Å². The summed E-state index contributed by atoms with van der Waals surface area (Å²) in [7, 11) is 0. The van der Waals surface area contributed by atoms with Crippen LogP contribution < -0.4 is 0 Å². The summed E-state index contributed by atoms with van der Waals surface area (Å²) < 4.78 is 13.8. The molecule has 0 aliphatic rings. The van der Waals surface area contributed by atoms with Gasteiger partial charge >= 0.3 is 0 Å². The molecule has 0 aliphatic heterocycles. The van der Waals surface area contributed by atoms with Crippen molar-refractivity contribution in [3.63, 3.8) is 0 Å². The van der Waals surface area contributed by atoms with E-state index in [4.69, 9.17) is 0 Å². The first-order chi connectivity index (χ1) is 11.3. The molecular formula is C20H11FN2. The molecule has 0 N–H and O–H groups in total. The van der Waals surface area contributed by atoms with E-state index in [1.807, 2.05) is 24.4 Å². The van der Waals surface area contributed by atoms with Crippen LogP contribution in [0.15, 0.2) is 67.1 Å². The van der Waals surface area contributed by atoms with E-state index in [1.54, 1.807) is 6.07 Å². The Morgan fingerprint density at radius 3 is 2.57 bits per heavy atom. The number of aromatic nitrogens is 2. The van der Waals surface area contributed by atoms with Crippen LogP contribution in [0.5, 0.6) is 0 Å². The third-order valence-corrected chi connectivity index (χ3v) is 4.44. The van der Waals surface area contributed by atoms with Crippen LogP contribution in [0.3, 0.4) is 0 Å². The lowest BCUT2D eigenvalue weighted by Crippen LogP contribution is -1.89. The molecule has 1 aromatic heterocycles. The molecule has 2 nitrogen and oxygen atoms in total. The van der Waals surface area contributed by atoms with Gasteiger partial charge in [-0.05, 0) is 33.7 Å². The van der Waals surface area contributed by atoms with Crippen LogP contribution in [0.2, 0.25) is 0 Å². The molecule has 0 atom stereocenters. The lowest BCUT2D eigenvalue weighted by atomic mass is 9.94. The Kier molecular flexibility index (Phi) is 2.42. The summed E-state index contributed by atoms with van der Waals surface area (Å²) in [5.74, 6) is -0.252. The Morgan fingerprint density at radius 1 is 0.739 bits per heavy atom. The fraction of sp³-hybridized carbons (Fsp3) is 0. The third-order valence-electron chi connectivity index (χ3n) is 4.44. The standard InChI is InChI=1S/C20H11FN2/c21-13-6-8-15-16-7-5-12-3-1-2-4-14(12)19(16)18-10-22-11-23-20(18)17(15)9-13/h1-11H. The summed E-state index contributed by atoms with van der Waals surface area (Å²) in [6.07, 6.45) is 3.34. The largest absolute Gasteiger partial charge is 0.244 e. The van der Waals surface area contributed by atoms with E-state index in [1.165, 1.54) is 17.8 Å². The van der Waals surface area contributed by atoms with Gasteiger partial charge in [-0.25, -0.2) is 14.4 Å². The summed E-state index contributed by atoms with van der Waals surface area (Å²) in [4.78, 5) is 8.62. The molecule has 108 valence electrons. The predicted octanol–water partition coefficient (Wildman–Crippen LogP) is 5.23. The molecule has 0 unspecified atom stereocenters. The Hall–Kier alpha value is -3.07. The van der Waals surface area contributed by atoms with Gasteiger partial charge in [-0.15, -0.1) is 0 Å². The van der Waals surface area contributed by atoms with Crippen molar-refractivity contribution in [2.75, 3.05) is 0 Å². The van der Waals surface area contributed by atoms with Crippen LogP contribution in [0.25, 0.3) is 43.2 Å². The Balaban J connectivity index is 2.21. The number of fused-ring (bicyclic) bond motifs is 8. The zero-order chi connectivity index (χ0) is 15.4.